The molecule has 1 aromatic heterocycles. The van der Waals surface area contributed by atoms with Gasteiger partial charge in [0.1, 0.15) is 5.76 Å². The summed E-state index contributed by atoms with van der Waals surface area (Å²) in [5.41, 5.74) is 0.548. The molecule has 0 radical (unpaired) electrons. The van der Waals surface area contributed by atoms with Crippen molar-refractivity contribution in [3.63, 3.8) is 0 Å². The van der Waals surface area contributed by atoms with Crippen molar-refractivity contribution < 1.29 is 14.3 Å². The zero-order chi connectivity index (χ0) is 12.6. The van der Waals surface area contributed by atoms with E-state index in [9.17, 15) is 4.79 Å². The van der Waals surface area contributed by atoms with Crippen molar-refractivity contribution in [2.24, 2.45) is 0 Å². The number of furan rings is 1. The molecule has 0 atom stereocenters. The van der Waals surface area contributed by atoms with Crippen molar-refractivity contribution >= 4 is 45.1 Å². The molecule has 0 saturated heterocycles. The Morgan fingerprint density at radius 2 is 1.94 bits per heavy atom. The van der Waals surface area contributed by atoms with Gasteiger partial charge in [-0.1, -0.05) is 23.2 Å². The predicted molar refractivity (Wildman–Crippen MR) is 68.8 cm³/mol. The third-order valence-electron chi connectivity index (χ3n) is 2.09. The molecule has 0 fully saturated rings. The molecule has 0 unspecified atom stereocenters. The molecule has 3 nitrogen and oxygen atoms in total. The van der Waals surface area contributed by atoms with E-state index in [0.717, 1.165) is 0 Å². The fourth-order valence-electron chi connectivity index (χ4n) is 1.31. The molecular formula is C11H5BrCl2O3. The maximum atomic E-state index is 10.7. The number of hydrogen-bond donors (Lipinski definition) is 1. The van der Waals surface area contributed by atoms with Crippen LogP contribution in [0.4, 0.5) is 0 Å². The lowest BCUT2D eigenvalue weighted by molar-refractivity contribution is 0.0663. The summed E-state index contributed by atoms with van der Waals surface area (Å²) in [6.07, 6.45) is 0. The first-order chi connectivity index (χ1) is 7.99. The number of carbonyl (C=O) groups is 1. The van der Waals surface area contributed by atoms with Crippen LogP contribution in [-0.2, 0) is 0 Å². The summed E-state index contributed by atoms with van der Waals surface area (Å²) >= 11 is 15.2. The van der Waals surface area contributed by atoms with E-state index in [1.54, 1.807) is 12.1 Å². The number of aromatic carboxylic acids is 1. The zero-order valence-electron chi connectivity index (χ0n) is 8.21. The van der Waals surface area contributed by atoms with Gasteiger partial charge in [-0.2, -0.15) is 0 Å². The molecule has 0 amide bonds. The van der Waals surface area contributed by atoms with Crippen LogP contribution < -0.4 is 0 Å². The summed E-state index contributed by atoms with van der Waals surface area (Å²) in [5.74, 6) is -0.910. The smallest absolute Gasteiger partial charge is 0.371 e. The Labute approximate surface area is 115 Å². The Balaban J connectivity index is 2.52. The van der Waals surface area contributed by atoms with Crippen LogP contribution in [0.25, 0.3) is 11.3 Å². The molecule has 0 aliphatic heterocycles. The van der Waals surface area contributed by atoms with Gasteiger partial charge in [0.2, 0.25) is 5.76 Å². The second kappa shape index (κ2) is 4.72. The minimum absolute atomic E-state index is 0.143. The summed E-state index contributed by atoms with van der Waals surface area (Å²) in [4.78, 5) is 10.7. The Morgan fingerprint density at radius 1 is 1.24 bits per heavy atom. The number of carboxylic acids is 1. The highest BCUT2D eigenvalue weighted by Crippen LogP contribution is 2.36. The molecular weight excluding hydrogens is 331 g/mol. The van der Waals surface area contributed by atoms with Gasteiger partial charge in [-0.05, 0) is 40.2 Å². The Bertz CT molecular complexity index is 592. The van der Waals surface area contributed by atoms with Gasteiger partial charge < -0.3 is 9.52 Å². The fraction of sp³-hybridized carbons (Fsp3) is 0. The van der Waals surface area contributed by atoms with Crippen molar-refractivity contribution in [3.8, 4) is 11.3 Å². The average Bonchev–Trinajstić information content (AvgIpc) is 2.72. The van der Waals surface area contributed by atoms with Crippen molar-refractivity contribution in [1.82, 2.24) is 0 Å². The van der Waals surface area contributed by atoms with Gasteiger partial charge in [0.25, 0.3) is 0 Å². The number of hydrogen-bond acceptors (Lipinski definition) is 2. The normalized spacial score (nSPS) is 10.5. The van der Waals surface area contributed by atoms with Crippen molar-refractivity contribution in [3.05, 3.63) is 44.5 Å². The SMILES string of the molecule is O=C(O)c1ccc(-c2cc(Cl)c(Br)cc2Cl)o1. The highest BCUT2D eigenvalue weighted by Gasteiger charge is 2.14. The van der Waals surface area contributed by atoms with Crippen LogP contribution in [0.3, 0.4) is 0 Å². The molecule has 0 aliphatic carbocycles. The van der Waals surface area contributed by atoms with Gasteiger partial charge >= 0.3 is 5.97 Å². The molecule has 0 saturated carbocycles. The molecule has 17 heavy (non-hydrogen) atoms. The molecule has 1 aromatic carbocycles. The lowest BCUT2D eigenvalue weighted by Crippen LogP contribution is -1.91. The Morgan fingerprint density at radius 3 is 2.53 bits per heavy atom. The second-order valence-corrected chi connectivity index (χ2v) is 4.88. The highest BCUT2D eigenvalue weighted by molar-refractivity contribution is 9.10. The van der Waals surface area contributed by atoms with Crippen LogP contribution >= 0.6 is 39.1 Å². The van der Waals surface area contributed by atoms with Crippen molar-refractivity contribution in [2.45, 2.75) is 0 Å². The van der Waals surface area contributed by atoms with E-state index in [1.807, 2.05) is 0 Å². The molecule has 0 bridgehead atoms. The first kappa shape index (κ1) is 12.5. The molecule has 1 N–H and O–H groups in total. The Hall–Kier alpha value is -0.970. The standard InChI is InChI=1S/C11H5BrCl2O3/c12-6-4-7(13)5(3-8(6)14)9-1-2-10(17-9)11(15)16/h1-4H,(H,15,16). The van der Waals surface area contributed by atoms with E-state index >= 15 is 0 Å². The maximum absolute atomic E-state index is 10.7. The summed E-state index contributed by atoms with van der Waals surface area (Å²) in [6, 6.07) is 6.14. The number of benzene rings is 1. The summed E-state index contributed by atoms with van der Waals surface area (Å²) in [5, 5.41) is 9.65. The average molecular weight is 336 g/mol. The minimum atomic E-state index is -1.13. The van der Waals surface area contributed by atoms with Crippen LogP contribution in [0.5, 0.6) is 0 Å². The summed E-state index contributed by atoms with van der Waals surface area (Å²) < 4.78 is 5.81. The van der Waals surface area contributed by atoms with Crippen molar-refractivity contribution in [2.75, 3.05) is 0 Å². The lowest BCUT2D eigenvalue weighted by atomic mass is 10.2. The third kappa shape index (κ3) is 2.49. The fourth-order valence-corrected chi connectivity index (χ4v) is 2.20. The van der Waals surface area contributed by atoms with Crippen LogP contribution in [0.1, 0.15) is 10.6 Å². The first-order valence-electron chi connectivity index (χ1n) is 4.47. The van der Waals surface area contributed by atoms with Crippen LogP contribution in [-0.4, -0.2) is 11.1 Å². The Kier molecular flexibility index (Phi) is 3.47. The van der Waals surface area contributed by atoms with Gasteiger partial charge in [-0.15, -0.1) is 0 Å². The highest BCUT2D eigenvalue weighted by atomic mass is 79.9. The molecule has 6 heteroatoms. The number of halogens is 3. The summed E-state index contributed by atoms with van der Waals surface area (Å²) in [7, 11) is 0. The van der Waals surface area contributed by atoms with Crippen LogP contribution in [0, 0.1) is 0 Å². The minimum Gasteiger partial charge on any atom is -0.475 e. The first-order valence-corrected chi connectivity index (χ1v) is 6.02. The summed E-state index contributed by atoms with van der Waals surface area (Å²) in [6.45, 7) is 0. The third-order valence-corrected chi connectivity index (χ3v) is 3.60. The monoisotopic (exact) mass is 334 g/mol. The zero-order valence-corrected chi connectivity index (χ0v) is 11.3. The van der Waals surface area contributed by atoms with E-state index < -0.39 is 5.97 Å². The van der Waals surface area contributed by atoms with E-state index in [2.05, 4.69) is 15.9 Å². The molecule has 1 heterocycles. The van der Waals surface area contributed by atoms with Gasteiger partial charge in [0.05, 0.1) is 10.0 Å². The van der Waals surface area contributed by atoms with Gasteiger partial charge in [0.15, 0.2) is 0 Å². The van der Waals surface area contributed by atoms with Crippen molar-refractivity contribution in [1.29, 1.82) is 0 Å². The molecule has 2 rings (SSSR count). The quantitative estimate of drug-likeness (QED) is 0.808. The van der Waals surface area contributed by atoms with Crippen LogP contribution in [0.15, 0.2) is 33.2 Å². The maximum Gasteiger partial charge on any atom is 0.371 e. The molecule has 0 aliphatic rings. The van der Waals surface area contributed by atoms with Gasteiger partial charge in [0, 0.05) is 10.0 Å². The van der Waals surface area contributed by atoms with E-state index in [-0.39, 0.29) is 5.76 Å². The van der Waals surface area contributed by atoms with Gasteiger partial charge in [-0.25, -0.2) is 4.79 Å². The van der Waals surface area contributed by atoms with Gasteiger partial charge in [-0.3, -0.25) is 0 Å². The van der Waals surface area contributed by atoms with Crippen LogP contribution in [0.2, 0.25) is 10.0 Å². The largest absolute Gasteiger partial charge is 0.475 e. The second-order valence-electron chi connectivity index (χ2n) is 3.22. The van der Waals surface area contributed by atoms with E-state index in [4.69, 9.17) is 32.7 Å². The molecule has 0 spiro atoms. The predicted octanol–water partition coefficient (Wildman–Crippen LogP) is 4.71. The molecule has 2 aromatic rings. The van der Waals surface area contributed by atoms with E-state index in [1.165, 1.54) is 12.1 Å². The lowest BCUT2D eigenvalue weighted by Gasteiger charge is -2.03. The topological polar surface area (TPSA) is 50.4 Å². The number of rotatable bonds is 2. The molecule has 88 valence electrons. The van der Waals surface area contributed by atoms with E-state index in [0.29, 0.717) is 25.8 Å². The number of carboxylic acid groups (broad SMARTS) is 1.